The highest BCUT2D eigenvalue weighted by atomic mass is 127. The van der Waals surface area contributed by atoms with Crippen LogP contribution in [0.5, 0.6) is 0 Å². The zero-order valence-corrected chi connectivity index (χ0v) is 13.7. The van der Waals surface area contributed by atoms with Gasteiger partial charge in [-0.15, -0.1) is 0 Å². The average molecular weight is 394 g/mol. The second kappa shape index (κ2) is 7.21. The molecule has 0 aliphatic rings. The van der Waals surface area contributed by atoms with Crippen molar-refractivity contribution >= 4 is 45.7 Å². The standard InChI is InChI=1S/C16H15IN2O2/c1-11(20)14-4-2-3-5-15(14)19-16(21)10-18-13-8-6-12(17)7-9-13/h2-9,18H,10H2,1H3,(H,19,21). The van der Waals surface area contributed by atoms with Crippen LogP contribution in [0.1, 0.15) is 17.3 Å². The topological polar surface area (TPSA) is 58.2 Å². The van der Waals surface area contributed by atoms with Crippen LogP contribution in [-0.2, 0) is 4.79 Å². The Bertz CT molecular complexity index is 654. The number of nitrogens with one attached hydrogen (secondary N) is 2. The summed E-state index contributed by atoms with van der Waals surface area (Å²) in [5.41, 5.74) is 1.94. The maximum absolute atomic E-state index is 11.9. The highest BCUT2D eigenvalue weighted by Crippen LogP contribution is 2.15. The molecule has 2 rings (SSSR count). The van der Waals surface area contributed by atoms with E-state index in [0.717, 1.165) is 9.26 Å². The molecule has 0 spiro atoms. The first-order valence-electron chi connectivity index (χ1n) is 6.45. The van der Waals surface area contributed by atoms with Gasteiger partial charge in [0.2, 0.25) is 5.91 Å². The van der Waals surface area contributed by atoms with Gasteiger partial charge in [-0.3, -0.25) is 9.59 Å². The van der Waals surface area contributed by atoms with Gasteiger partial charge in [-0.2, -0.15) is 0 Å². The SMILES string of the molecule is CC(=O)c1ccccc1NC(=O)CNc1ccc(I)cc1. The van der Waals surface area contributed by atoms with E-state index in [-0.39, 0.29) is 18.2 Å². The molecule has 4 nitrogen and oxygen atoms in total. The van der Waals surface area contributed by atoms with Crippen molar-refractivity contribution in [3.05, 3.63) is 57.7 Å². The van der Waals surface area contributed by atoms with E-state index in [2.05, 4.69) is 33.2 Å². The number of rotatable bonds is 5. The minimum absolute atomic E-state index is 0.0727. The fourth-order valence-electron chi connectivity index (χ4n) is 1.84. The molecule has 0 heterocycles. The van der Waals surface area contributed by atoms with Crippen LogP contribution < -0.4 is 10.6 Å². The van der Waals surface area contributed by atoms with Crippen LogP contribution in [0.15, 0.2) is 48.5 Å². The molecule has 0 unspecified atom stereocenters. The zero-order valence-electron chi connectivity index (χ0n) is 11.5. The van der Waals surface area contributed by atoms with Gasteiger partial charge in [-0.1, -0.05) is 12.1 Å². The van der Waals surface area contributed by atoms with Crippen molar-refractivity contribution in [1.29, 1.82) is 0 Å². The summed E-state index contributed by atoms with van der Waals surface area (Å²) in [5, 5.41) is 5.79. The van der Waals surface area contributed by atoms with Gasteiger partial charge in [0.25, 0.3) is 0 Å². The van der Waals surface area contributed by atoms with Crippen molar-refractivity contribution in [2.45, 2.75) is 6.92 Å². The quantitative estimate of drug-likeness (QED) is 0.603. The summed E-state index contributed by atoms with van der Waals surface area (Å²) in [6.45, 7) is 1.63. The average Bonchev–Trinajstić information content (AvgIpc) is 2.47. The lowest BCUT2D eigenvalue weighted by atomic mass is 10.1. The van der Waals surface area contributed by atoms with Crippen molar-refractivity contribution in [2.24, 2.45) is 0 Å². The number of halogens is 1. The number of ketones is 1. The first kappa shape index (κ1) is 15.5. The van der Waals surface area contributed by atoms with Crippen LogP contribution in [0.25, 0.3) is 0 Å². The Kier molecular flexibility index (Phi) is 5.32. The van der Waals surface area contributed by atoms with E-state index < -0.39 is 0 Å². The summed E-state index contributed by atoms with van der Waals surface area (Å²) in [5.74, 6) is -0.265. The minimum Gasteiger partial charge on any atom is -0.376 e. The van der Waals surface area contributed by atoms with Crippen molar-refractivity contribution in [3.63, 3.8) is 0 Å². The lowest BCUT2D eigenvalue weighted by Crippen LogP contribution is -2.22. The van der Waals surface area contributed by atoms with Crippen molar-refractivity contribution in [3.8, 4) is 0 Å². The molecule has 0 bridgehead atoms. The number of para-hydroxylation sites is 1. The van der Waals surface area contributed by atoms with Crippen LogP contribution in [0, 0.1) is 3.57 Å². The molecule has 0 saturated carbocycles. The largest absolute Gasteiger partial charge is 0.376 e. The molecule has 0 aliphatic carbocycles. The first-order chi connectivity index (χ1) is 10.1. The number of hydrogen-bond acceptors (Lipinski definition) is 3. The lowest BCUT2D eigenvalue weighted by Gasteiger charge is -2.10. The number of benzene rings is 2. The second-order valence-corrected chi connectivity index (χ2v) is 5.76. The summed E-state index contributed by atoms with van der Waals surface area (Å²) in [7, 11) is 0. The summed E-state index contributed by atoms with van der Waals surface area (Å²) in [6.07, 6.45) is 0. The number of Topliss-reactive ketones (excluding diaryl/α,β-unsaturated/α-hetero) is 1. The third-order valence-electron chi connectivity index (χ3n) is 2.88. The maximum atomic E-state index is 11.9. The smallest absolute Gasteiger partial charge is 0.243 e. The number of carbonyl (C=O) groups is 2. The molecule has 0 aromatic heterocycles. The van der Waals surface area contributed by atoms with Crippen molar-refractivity contribution in [1.82, 2.24) is 0 Å². The maximum Gasteiger partial charge on any atom is 0.243 e. The summed E-state index contributed by atoms with van der Waals surface area (Å²) in [6, 6.07) is 14.7. The summed E-state index contributed by atoms with van der Waals surface area (Å²) in [4.78, 5) is 23.4. The van der Waals surface area contributed by atoms with Crippen LogP contribution >= 0.6 is 22.6 Å². The fraction of sp³-hybridized carbons (Fsp3) is 0.125. The Morgan fingerprint density at radius 2 is 1.71 bits per heavy atom. The Hall–Kier alpha value is -1.89. The molecule has 0 atom stereocenters. The molecule has 21 heavy (non-hydrogen) atoms. The Morgan fingerprint density at radius 3 is 2.38 bits per heavy atom. The van der Waals surface area contributed by atoms with Gasteiger partial charge in [0.15, 0.2) is 5.78 Å². The van der Waals surface area contributed by atoms with Gasteiger partial charge >= 0.3 is 0 Å². The number of amides is 1. The highest BCUT2D eigenvalue weighted by molar-refractivity contribution is 14.1. The molecule has 0 aliphatic heterocycles. The van der Waals surface area contributed by atoms with Gasteiger partial charge in [0.1, 0.15) is 0 Å². The summed E-state index contributed by atoms with van der Waals surface area (Å²) < 4.78 is 1.14. The normalized spacial score (nSPS) is 10.0. The van der Waals surface area contributed by atoms with E-state index in [4.69, 9.17) is 0 Å². The molecule has 108 valence electrons. The zero-order chi connectivity index (χ0) is 15.2. The first-order valence-corrected chi connectivity index (χ1v) is 7.53. The number of anilines is 2. The van der Waals surface area contributed by atoms with Gasteiger partial charge < -0.3 is 10.6 Å². The third-order valence-corrected chi connectivity index (χ3v) is 3.60. The third kappa shape index (κ3) is 4.56. The Balaban J connectivity index is 1.96. The van der Waals surface area contributed by atoms with Crippen LogP contribution in [0.3, 0.4) is 0 Å². The van der Waals surface area contributed by atoms with Gasteiger partial charge in [0, 0.05) is 14.8 Å². The predicted octanol–water partition coefficient (Wildman–Crippen LogP) is 3.54. The molecule has 1 amide bonds. The number of carbonyl (C=O) groups excluding carboxylic acids is 2. The van der Waals surface area contributed by atoms with Gasteiger partial charge in [0.05, 0.1) is 12.2 Å². The molecule has 2 aromatic carbocycles. The van der Waals surface area contributed by atoms with E-state index in [9.17, 15) is 9.59 Å². The van der Waals surface area contributed by atoms with Gasteiger partial charge in [-0.05, 0) is 65.9 Å². The highest BCUT2D eigenvalue weighted by Gasteiger charge is 2.09. The Labute approximate surface area is 137 Å². The molecule has 0 fully saturated rings. The Morgan fingerprint density at radius 1 is 1.05 bits per heavy atom. The molecule has 0 radical (unpaired) electrons. The fourth-order valence-corrected chi connectivity index (χ4v) is 2.20. The molecular weight excluding hydrogens is 379 g/mol. The second-order valence-electron chi connectivity index (χ2n) is 4.51. The predicted molar refractivity (Wildman–Crippen MR) is 92.7 cm³/mol. The number of hydrogen-bond donors (Lipinski definition) is 2. The lowest BCUT2D eigenvalue weighted by molar-refractivity contribution is -0.114. The van der Waals surface area contributed by atoms with Crippen molar-refractivity contribution in [2.75, 3.05) is 17.2 Å². The van der Waals surface area contributed by atoms with Gasteiger partial charge in [-0.25, -0.2) is 0 Å². The molecule has 0 saturated heterocycles. The summed E-state index contributed by atoms with van der Waals surface area (Å²) >= 11 is 2.22. The van der Waals surface area contributed by atoms with E-state index in [1.807, 2.05) is 24.3 Å². The van der Waals surface area contributed by atoms with Crippen molar-refractivity contribution < 1.29 is 9.59 Å². The molecule has 2 N–H and O–H groups in total. The molecule has 5 heteroatoms. The van der Waals surface area contributed by atoms with E-state index >= 15 is 0 Å². The van der Waals surface area contributed by atoms with Crippen LogP contribution in [0.2, 0.25) is 0 Å². The van der Waals surface area contributed by atoms with E-state index in [1.165, 1.54) is 6.92 Å². The van der Waals surface area contributed by atoms with E-state index in [0.29, 0.717) is 11.3 Å². The van der Waals surface area contributed by atoms with E-state index in [1.54, 1.807) is 24.3 Å². The minimum atomic E-state index is -0.192. The van der Waals surface area contributed by atoms with Crippen LogP contribution in [-0.4, -0.2) is 18.2 Å². The monoisotopic (exact) mass is 394 g/mol. The molecule has 2 aromatic rings. The molecular formula is C16H15IN2O2. The van der Waals surface area contributed by atoms with Crippen LogP contribution in [0.4, 0.5) is 11.4 Å².